The second-order valence-corrected chi connectivity index (χ2v) is 4.18. The lowest BCUT2D eigenvalue weighted by atomic mass is 10.2. The van der Waals surface area contributed by atoms with Crippen LogP contribution in [-0.2, 0) is 13.2 Å². The lowest BCUT2D eigenvalue weighted by Gasteiger charge is -2.14. The van der Waals surface area contributed by atoms with E-state index in [2.05, 4.69) is 0 Å². The predicted octanol–water partition coefficient (Wildman–Crippen LogP) is 3.01. The fraction of sp³-hybridized carbons (Fsp3) is 0.200. The van der Waals surface area contributed by atoms with Crippen molar-refractivity contribution in [1.82, 2.24) is 0 Å². The molecule has 106 valence electrons. The Balaban J connectivity index is 2.22. The molecule has 0 heterocycles. The molecule has 0 aromatic heterocycles. The summed E-state index contributed by atoms with van der Waals surface area (Å²) in [6.45, 7) is 0.248. The van der Waals surface area contributed by atoms with Gasteiger partial charge in [-0.25, -0.2) is 8.78 Å². The van der Waals surface area contributed by atoms with Crippen LogP contribution in [0.1, 0.15) is 11.1 Å². The minimum absolute atomic E-state index is 0.0283. The summed E-state index contributed by atoms with van der Waals surface area (Å²) in [6, 6.07) is 8.70. The fourth-order valence-corrected chi connectivity index (χ4v) is 1.84. The molecule has 0 radical (unpaired) electrons. The van der Waals surface area contributed by atoms with Gasteiger partial charge in [0.2, 0.25) is 0 Å². The molecule has 2 rings (SSSR count). The minimum Gasteiger partial charge on any atom is -0.493 e. The second-order valence-electron chi connectivity index (χ2n) is 4.18. The summed E-state index contributed by atoms with van der Waals surface area (Å²) in [5, 5.41) is 0. The quantitative estimate of drug-likeness (QED) is 0.915. The van der Waals surface area contributed by atoms with Crippen LogP contribution >= 0.6 is 0 Å². The van der Waals surface area contributed by atoms with Gasteiger partial charge in [-0.2, -0.15) is 0 Å². The van der Waals surface area contributed by atoms with Crippen molar-refractivity contribution in [3.05, 3.63) is 59.2 Å². The van der Waals surface area contributed by atoms with Gasteiger partial charge in [-0.3, -0.25) is 0 Å². The summed E-state index contributed by atoms with van der Waals surface area (Å²) in [6.07, 6.45) is 0. The van der Waals surface area contributed by atoms with Gasteiger partial charge in [0.25, 0.3) is 0 Å². The van der Waals surface area contributed by atoms with Crippen molar-refractivity contribution in [3.63, 3.8) is 0 Å². The largest absolute Gasteiger partial charge is 0.493 e. The van der Waals surface area contributed by atoms with Crippen molar-refractivity contribution in [2.45, 2.75) is 13.2 Å². The lowest BCUT2D eigenvalue weighted by molar-refractivity contribution is 0.276. The molecule has 2 aromatic carbocycles. The average Bonchev–Trinajstić information content (AvgIpc) is 2.46. The van der Waals surface area contributed by atoms with Gasteiger partial charge in [0.1, 0.15) is 18.2 Å². The second kappa shape index (κ2) is 6.34. The highest BCUT2D eigenvalue weighted by Gasteiger charge is 2.11. The number of hydrogen-bond donors (Lipinski definition) is 1. The van der Waals surface area contributed by atoms with Gasteiger partial charge >= 0.3 is 0 Å². The Morgan fingerprint density at radius 3 is 2.55 bits per heavy atom. The fourth-order valence-electron chi connectivity index (χ4n) is 1.84. The van der Waals surface area contributed by atoms with Gasteiger partial charge in [-0.1, -0.05) is 12.1 Å². The standard InChI is InChI=1S/C15H15F2NO2/c1-19-14-4-2-3-10(8-18)15(14)20-9-11-5-6-12(16)7-13(11)17/h2-7H,8-9,18H2,1H3. The molecule has 5 heteroatoms. The summed E-state index contributed by atoms with van der Waals surface area (Å²) in [5.41, 5.74) is 6.65. The molecule has 0 aliphatic carbocycles. The molecule has 0 amide bonds. The SMILES string of the molecule is COc1cccc(CN)c1OCc1ccc(F)cc1F. The zero-order valence-corrected chi connectivity index (χ0v) is 11.0. The Bertz CT molecular complexity index is 580. The Kier molecular flexibility index (Phi) is 4.53. The van der Waals surface area contributed by atoms with E-state index >= 15 is 0 Å². The average molecular weight is 279 g/mol. The van der Waals surface area contributed by atoms with E-state index in [0.717, 1.165) is 11.6 Å². The monoisotopic (exact) mass is 279 g/mol. The molecule has 0 spiro atoms. The van der Waals surface area contributed by atoms with Crippen LogP contribution in [0.25, 0.3) is 0 Å². The number of halogens is 2. The minimum atomic E-state index is -0.644. The van der Waals surface area contributed by atoms with Crippen LogP contribution in [0.4, 0.5) is 8.78 Å². The predicted molar refractivity (Wildman–Crippen MR) is 71.6 cm³/mol. The zero-order valence-electron chi connectivity index (χ0n) is 11.0. The summed E-state index contributed by atoms with van der Waals surface area (Å²) in [4.78, 5) is 0. The smallest absolute Gasteiger partial charge is 0.166 e. The molecule has 0 aliphatic heterocycles. The molecule has 0 atom stereocenters. The Morgan fingerprint density at radius 2 is 1.90 bits per heavy atom. The molecule has 2 N–H and O–H groups in total. The van der Waals surface area contributed by atoms with Crippen LogP contribution in [0.2, 0.25) is 0 Å². The van der Waals surface area contributed by atoms with Crippen LogP contribution < -0.4 is 15.2 Å². The van der Waals surface area contributed by atoms with Gasteiger partial charge in [0.05, 0.1) is 7.11 Å². The first-order chi connectivity index (χ1) is 9.65. The number of methoxy groups -OCH3 is 1. The van der Waals surface area contributed by atoms with Crippen LogP contribution in [0, 0.1) is 11.6 Å². The Morgan fingerprint density at radius 1 is 1.10 bits per heavy atom. The van der Waals surface area contributed by atoms with E-state index < -0.39 is 11.6 Å². The molecule has 0 aliphatic rings. The first-order valence-electron chi connectivity index (χ1n) is 6.08. The lowest BCUT2D eigenvalue weighted by Crippen LogP contribution is -2.05. The van der Waals surface area contributed by atoms with E-state index in [1.54, 1.807) is 18.2 Å². The molecular formula is C15H15F2NO2. The van der Waals surface area contributed by atoms with Gasteiger partial charge in [0, 0.05) is 23.7 Å². The summed E-state index contributed by atoms with van der Waals surface area (Å²) in [7, 11) is 1.51. The molecule has 0 unspecified atom stereocenters. The molecule has 3 nitrogen and oxygen atoms in total. The van der Waals surface area contributed by atoms with Gasteiger partial charge < -0.3 is 15.2 Å². The van der Waals surface area contributed by atoms with Crippen LogP contribution in [-0.4, -0.2) is 7.11 Å². The zero-order chi connectivity index (χ0) is 14.5. The molecule has 0 bridgehead atoms. The van der Waals surface area contributed by atoms with E-state index in [0.29, 0.717) is 11.5 Å². The third-order valence-electron chi connectivity index (χ3n) is 2.89. The number of para-hydroxylation sites is 1. The van der Waals surface area contributed by atoms with Crippen molar-refractivity contribution in [3.8, 4) is 11.5 Å². The highest BCUT2D eigenvalue weighted by atomic mass is 19.1. The topological polar surface area (TPSA) is 44.5 Å². The maximum absolute atomic E-state index is 13.5. The number of hydrogen-bond acceptors (Lipinski definition) is 3. The highest BCUT2D eigenvalue weighted by Crippen LogP contribution is 2.31. The first-order valence-corrected chi connectivity index (χ1v) is 6.08. The van der Waals surface area contributed by atoms with Crippen molar-refractivity contribution in [1.29, 1.82) is 0 Å². The Hall–Kier alpha value is -2.14. The third kappa shape index (κ3) is 3.05. The normalized spacial score (nSPS) is 10.4. The molecule has 0 saturated heterocycles. The van der Waals surface area contributed by atoms with Crippen molar-refractivity contribution in [2.24, 2.45) is 5.73 Å². The van der Waals surface area contributed by atoms with Crippen molar-refractivity contribution >= 4 is 0 Å². The van der Waals surface area contributed by atoms with Crippen molar-refractivity contribution < 1.29 is 18.3 Å². The summed E-state index contributed by atoms with van der Waals surface area (Å²) in [5.74, 6) is -0.267. The molecular weight excluding hydrogens is 264 g/mol. The van der Waals surface area contributed by atoms with Crippen LogP contribution in [0.3, 0.4) is 0 Å². The summed E-state index contributed by atoms with van der Waals surface area (Å²) >= 11 is 0. The molecule has 0 fully saturated rings. The maximum atomic E-state index is 13.5. The third-order valence-corrected chi connectivity index (χ3v) is 2.89. The van der Waals surface area contributed by atoms with Crippen LogP contribution in [0.15, 0.2) is 36.4 Å². The molecule has 2 aromatic rings. The van der Waals surface area contributed by atoms with E-state index in [1.165, 1.54) is 19.2 Å². The molecule has 0 saturated carbocycles. The number of nitrogens with two attached hydrogens (primary N) is 1. The van der Waals surface area contributed by atoms with Gasteiger partial charge in [-0.15, -0.1) is 0 Å². The molecule has 20 heavy (non-hydrogen) atoms. The van der Waals surface area contributed by atoms with E-state index in [4.69, 9.17) is 15.2 Å². The van der Waals surface area contributed by atoms with Gasteiger partial charge in [-0.05, 0) is 18.2 Å². The van der Waals surface area contributed by atoms with E-state index in [9.17, 15) is 8.78 Å². The highest BCUT2D eigenvalue weighted by molar-refractivity contribution is 5.46. The van der Waals surface area contributed by atoms with Crippen molar-refractivity contribution in [2.75, 3.05) is 7.11 Å². The number of benzene rings is 2. The van der Waals surface area contributed by atoms with Crippen LogP contribution in [0.5, 0.6) is 11.5 Å². The number of rotatable bonds is 5. The maximum Gasteiger partial charge on any atom is 0.166 e. The van der Waals surface area contributed by atoms with E-state index in [-0.39, 0.29) is 18.7 Å². The summed E-state index contributed by atoms with van der Waals surface area (Å²) < 4.78 is 37.2. The Labute approximate surface area is 115 Å². The number of ether oxygens (including phenoxy) is 2. The van der Waals surface area contributed by atoms with Gasteiger partial charge in [0.15, 0.2) is 11.5 Å². The van der Waals surface area contributed by atoms with E-state index in [1.807, 2.05) is 0 Å². The first kappa shape index (κ1) is 14.3.